The molecule has 1 saturated heterocycles. The molecule has 1 fully saturated rings. The Bertz CT molecular complexity index is 599. The molecule has 7 nitrogen and oxygen atoms in total. The van der Waals surface area contributed by atoms with Gasteiger partial charge in [0, 0.05) is 31.1 Å². The fourth-order valence-electron chi connectivity index (χ4n) is 2.56. The minimum Gasteiger partial charge on any atom is -0.381 e. The van der Waals surface area contributed by atoms with E-state index >= 15 is 0 Å². The monoisotopic (exact) mass is 274 g/mol. The average Bonchev–Trinajstić information content (AvgIpc) is 3.08. The van der Waals surface area contributed by atoms with Crippen LogP contribution in [0, 0.1) is 6.92 Å². The number of rotatable bonds is 3. The van der Waals surface area contributed by atoms with Crippen molar-refractivity contribution in [2.24, 2.45) is 0 Å². The van der Waals surface area contributed by atoms with Gasteiger partial charge in [0.25, 0.3) is 0 Å². The Morgan fingerprint density at radius 1 is 1.45 bits per heavy atom. The van der Waals surface area contributed by atoms with E-state index in [0.29, 0.717) is 18.7 Å². The molecule has 7 heteroatoms. The Morgan fingerprint density at radius 2 is 2.30 bits per heavy atom. The molecule has 1 aliphatic rings. The van der Waals surface area contributed by atoms with Crippen LogP contribution in [0.3, 0.4) is 0 Å². The third-order valence-corrected chi connectivity index (χ3v) is 3.67. The standard InChI is InChI=1S/C13H18N6O/c1-3-11-15-9(2)6-12(16-11)19-5-4-13(20,8-19)10-7-14-18-17-10/h6-7,20H,3-5,8H2,1-2H3,(H,14,17,18). The van der Waals surface area contributed by atoms with Crippen molar-refractivity contribution in [3.8, 4) is 0 Å². The maximum atomic E-state index is 10.7. The highest BCUT2D eigenvalue weighted by Crippen LogP contribution is 2.32. The highest BCUT2D eigenvalue weighted by molar-refractivity contribution is 5.42. The molecule has 2 N–H and O–H groups in total. The zero-order valence-electron chi connectivity index (χ0n) is 11.7. The maximum Gasteiger partial charge on any atom is 0.132 e. The predicted octanol–water partition coefficient (Wildman–Crippen LogP) is 0.563. The molecule has 0 spiro atoms. The molecule has 2 aromatic rings. The van der Waals surface area contributed by atoms with E-state index in [4.69, 9.17) is 0 Å². The number of aromatic amines is 1. The fraction of sp³-hybridized carbons (Fsp3) is 0.538. The molecule has 0 saturated carbocycles. The Morgan fingerprint density at radius 3 is 3.00 bits per heavy atom. The summed E-state index contributed by atoms with van der Waals surface area (Å²) in [4.78, 5) is 11.0. The summed E-state index contributed by atoms with van der Waals surface area (Å²) < 4.78 is 0. The highest BCUT2D eigenvalue weighted by atomic mass is 16.3. The van der Waals surface area contributed by atoms with Gasteiger partial charge in [0.1, 0.15) is 22.9 Å². The van der Waals surface area contributed by atoms with Crippen molar-refractivity contribution in [2.75, 3.05) is 18.0 Å². The van der Waals surface area contributed by atoms with Crippen molar-refractivity contribution in [3.63, 3.8) is 0 Å². The van der Waals surface area contributed by atoms with E-state index in [9.17, 15) is 5.11 Å². The van der Waals surface area contributed by atoms with Gasteiger partial charge in [-0.2, -0.15) is 15.4 Å². The van der Waals surface area contributed by atoms with Crippen molar-refractivity contribution >= 4 is 5.82 Å². The van der Waals surface area contributed by atoms with Gasteiger partial charge in [0.2, 0.25) is 0 Å². The van der Waals surface area contributed by atoms with E-state index in [-0.39, 0.29) is 0 Å². The number of hydrogen-bond acceptors (Lipinski definition) is 6. The summed E-state index contributed by atoms with van der Waals surface area (Å²) in [7, 11) is 0. The Hall–Kier alpha value is -2.02. The minimum atomic E-state index is -0.960. The molecule has 106 valence electrons. The third-order valence-electron chi connectivity index (χ3n) is 3.67. The molecule has 0 radical (unpaired) electrons. The second-order valence-electron chi connectivity index (χ2n) is 5.20. The molecule has 0 aliphatic carbocycles. The second kappa shape index (κ2) is 4.82. The van der Waals surface area contributed by atoms with Gasteiger partial charge in [0.15, 0.2) is 0 Å². The minimum absolute atomic E-state index is 0.471. The first kappa shape index (κ1) is 13.0. The van der Waals surface area contributed by atoms with E-state index < -0.39 is 5.60 Å². The predicted molar refractivity (Wildman–Crippen MR) is 73.3 cm³/mol. The molecular weight excluding hydrogens is 256 g/mol. The summed E-state index contributed by atoms with van der Waals surface area (Å²) in [5.74, 6) is 1.70. The number of aryl methyl sites for hydroxylation is 2. The van der Waals surface area contributed by atoms with E-state index in [2.05, 4.69) is 30.3 Å². The molecule has 3 rings (SSSR count). The Labute approximate surface area is 117 Å². The number of hydrogen-bond donors (Lipinski definition) is 2. The van der Waals surface area contributed by atoms with Crippen LogP contribution in [0.2, 0.25) is 0 Å². The van der Waals surface area contributed by atoms with Crippen molar-refractivity contribution < 1.29 is 5.11 Å². The van der Waals surface area contributed by atoms with Crippen molar-refractivity contribution in [1.29, 1.82) is 0 Å². The van der Waals surface area contributed by atoms with Gasteiger partial charge in [0.05, 0.1) is 12.7 Å². The number of nitrogens with one attached hydrogen (secondary N) is 1. The van der Waals surface area contributed by atoms with Crippen LogP contribution < -0.4 is 4.90 Å². The summed E-state index contributed by atoms with van der Waals surface area (Å²) in [5, 5.41) is 21.0. The molecule has 2 aromatic heterocycles. The van der Waals surface area contributed by atoms with Crippen LogP contribution in [0.5, 0.6) is 0 Å². The van der Waals surface area contributed by atoms with E-state index in [1.54, 1.807) is 6.20 Å². The number of aromatic nitrogens is 5. The van der Waals surface area contributed by atoms with Crippen LogP contribution in [0.1, 0.15) is 30.6 Å². The van der Waals surface area contributed by atoms with Gasteiger partial charge in [-0.25, -0.2) is 9.97 Å². The molecule has 0 amide bonds. The number of aliphatic hydroxyl groups is 1. The Kier molecular flexibility index (Phi) is 3.13. The van der Waals surface area contributed by atoms with Crippen LogP contribution in [0.15, 0.2) is 12.3 Å². The van der Waals surface area contributed by atoms with E-state index in [1.807, 2.05) is 19.9 Å². The normalized spacial score (nSPS) is 22.4. The van der Waals surface area contributed by atoms with Gasteiger partial charge in [-0.1, -0.05) is 6.92 Å². The van der Waals surface area contributed by atoms with Gasteiger partial charge in [-0.05, 0) is 6.92 Å². The van der Waals surface area contributed by atoms with Gasteiger partial charge >= 0.3 is 0 Å². The number of β-amino-alcohol motifs (C(OH)–C–C–N with tert-alkyl or cyclic N) is 1. The highest BCUT2D eigenvalue weighted by Gasteiger charge is 2.40. The average molecular weight is 274 g/mol. The summed E-state index contributed by atoms with van der Waals surface area (Å²) in [6.07, 6.45) is 2.99. The summed E-state index contributed by atoms with van der Waals surface area (Å²) >= 11 is 0. The van der Waals surface area contributed by atoms with Crippen LogP contribution in [0.4, 0.5) is 5.82 Å². The zero-order chi connectivity index (χ0) is 14.2. The van der Waals surface area contributed by atoms with Gasteiger partial charge in [-0.15, -0.1) is 0 Å². The lowest BCUT2D eigenvalue weighted by Gasteiger charge is -2.22. The number of nitrogens with zero attached hydrogens (tertiary/aromatic N) is 5. The molecular formula is C13H18N6O. The van der Waals surface area contributed by atoms with Gasteiger partial charge in [-0.3, -0.25) is 0 Å². The largest absolute Gasteiger partial charge is 0.381 e. The SMILES string of the molecule is CCc1nc(C)cc(N2CCC(O)(c3cn[nH]n3)C2)n1. The molecule has 0 bridgehead atoms. The lowest BCUT2D eigenvalue weighted by molar-refractivity contribution is 0.0559. The van der Waals surface area contributed by atoms with Crippen molar-refractivity contribution in [2.45, 2.75) is 32.3 Å². The fourth-order valence-corrected chi connectivity index (χ4v) is 2.56. The molecule has 1 unspecified atom stereocenters. The Balaban J connectivity index is 1.85. The molecule has 3 heterocycles. The summed E-state index contributed by atoms with van der Waals surface area (Å²) in [6.45, 7) is 5.21. The first-order valence-corrected chi connectivity index (χ1v) is 6.79. The smallest absolute Gasteiger partial charge is 0.132 e. The van der Waals surface area contributed by atoms with Crippen molar-refractivity contribution in [3.05, 3.63) is 29.5 Å². The van der Waals surface area contributed by atoms with Crippen LogP contribution in [0.25, 0.3) is 0 Å². The first-order chi connectivity index (χ1) is 9.60. The van der Waals surface area contributed by atoms with Crippen molar-refractivity contribution in [1.82, 2.24) is 25.4 Å². The summed E-state index contributed by atoms with van der Waals surface area (Å²) in [5.41, 5.74) is 0.573. The first-order valence-electron chi connectivity index (χ1n) is 6.79. The van der Waals surface area contributed by atoms with Gasteiger partial charge < -0.3 is 10.0 Å². The second-order valence-corrected chi connectivity index (χ2v) is 5.20. The molecule has 0 aromatic carbocycles. The number of anilines is 1. The summed E-state index contributed by atoms with van der Waals surface area (Å²) in [6, 6.07) is 1.95. The van der Waals surface area contributed by atoms with Crippen LogP contribution >= 0.6 is 0 Å². The quantitative estimate of drug-likeness (QED) is 0.850. The maximum absolute atomic E-state index is 10.7. The third kappa shape index (κ3) is 2.24. The van der Waals surface area contributed by atoms with Crippen LogP contribution in [-0.4, -0.2) is 43.6 Å². The lowest BCUT2D eigenvalue weighted by Crippen LogP contribution is -2.31. The van der Waals surface area contributed by atoms with E-state index in [0.717, 1.165) is 30.3 Å². The number of H-pyrrole nitrogens is 1. The lowest BCUT2D eigenvalue weighted by atomic mass is 10.0. The zero-order valence-corrected chi connectivity index (χ0v) is 11.7. The topological polar surface area (TPSA) is 90.8 Å². The molecule has 1 atom stereocenters. The van der Waals surface area contributed by atoms with E-state index in [1.165, 1.54) is 0 Å². The molecule has 20 heavy (non-hydrogen) atoms. The molecule has 1 aliphatic heterocycles. The van der Waals surface area contributed by atoms with Crippen LogP contribution in [-0.2, 0) is 12.0 Å².